The summed E-state index contributed by atoms with van der Waals surface area (Å²) in [6, 6.07) is 0. The third kappa shape index (κ3) is 7.94. The van der Waals surface area contributed by atoms with E-state index in [0.717, 1.165) is 37.8 Å². The van der Waals surface area contributed by atoms with Gasteiger partial charge in [-0.05, 0) is 26.7 Å². The van der Waals surface area contributed by atoms with Crippen molar-refractivity contribution in [1.82, 2.24) is 25.7 Å². The maximum atomic E-state index is 12.2. The molecule has 1 fully saturated rings. The first-order chi connectivity index (χ1) is 12.9. The summed E-state index contributed by atoms with van der Waals surface area (Å²) >= 11 is 0. The first kappa shape index (κ1) is 24.7. The highest BCUT2D eigenvalue weighted by Gasteiger charge is 2.24. The predicted octanol–water partition coefficient (Wildman–Crippen LogP) is 1.50. The zero-order valence-corrected chi connectivity index (χ0v) is 19.5. The van der Waals surface area contributed by atoms with E-state index in [2.05, 4.69) is 26.0 Å². The molecular weight excluding hydrogens is 471 g/mol. The maximum Gasteiger partial charge on any atom is 0.223 e. The van der Waals surface area contributed by atoms with Crippen molar-refractivity contribution in [1.29, 1.82) is 0 Å². The summed E-state index contributed by atoms with van der Waals surface area (Å²) in [6.07, 6.45) is 9.01. The lowest BCUT2D eigenvalue weighted by Crippen LogP contribution is -2.43. The second-order valence-electron chi connectivity index (χ2n) is 7.42. The van der Waals surface area contributed by atoms with Gasteiger partial charge in [0, 0.05) is 44.4 Å². The van der Waals surface area contributed by atoms with Crippen molar-refractivity contribution in [2.45, 2.75) is 51.6 Å². The molecule has 9 heteroatoms. The zero-order valence-electron chi connectivity index (χ0n) is 17.2. The van der Waals surface area contributed by atoms with Crippen LogP contribution >= 0.6 is 24.0 Å². The Hall–Kier alpha value is -1.36. The molecule has 0 saturated heterocycles. The number of amides is 1. The van der Waals surface area contributed by atoms with Crippen LogP contribution in [0.15, 0.2) is 17.4 Å². The van der Waals surface area contributed by atoms with Crippen LogP contribution in [0.1, 0.15) is 51.5 Å². The number of carbonyl (C=O) groups excluding carboxylic acids is 1. The second kappa shape index (κ2) is 12.3. The molecule has 2 rings (SSSR count). The zero-order chi connectivity index (χ0) is 19.7. The fourth-order valence-corrected chi connectivity index (χ4v) is 3.24. The summed E-state index contributed by atoms with van der Waals surface area (Å²) in [7, 11) is 1.82. The summed E-state index contributed by atoms with van der Waals surface area (Å²) in [5.74, 6) is 0.960. The Kier molecular flexibility index (Phi) is 10.8. The molecule has 1 aliphatic rings. The van der Waals surface area contributed by atoms with Crippen LogP contribution < -0.4 is 16.0 Å². The molecule has 8 nitrogen and oxygen atoms in total. The highest BCUT2D eigenvalue weighted by atomic mass is 127. The number of aryl methyl sites for hydroxylation is 1. The lowest BCUT2D eigenvalue weighted by Gasteiger charge is -2.21. The van der Waals surface area contributed by atoms with Gasteiger partial charge in [-0.1, -0.05) is 19.3 Å². The number of nitrogens with one attached hydrogen (secondary N) is 3. The predicted molar refractivity (Wildman–Crippen MR) is 122 cm³/mol. The molecule has 1 aromatic rings. The van der Waals surface area contributed by atoms with Gasteiger partial charge in [-0.15, -0.1) is 24.0 Å². The maximum absolute atomic E-state index is 12.2. The molecule has 1 aromatic heterocycles. The van der Waals surface area contributed by atoms with Gasteiger partial charge in [0.25, 0.3) is 0 Å². The van der Waals surface area contributed by atoms with E-state index in [1.807, 2.05) is 14.0 Å². The molecule has 1 unspecified atom stereocenters. The molecule has 0 aromatic carbocycles. The number of hydrogen-bond donors (Lipinski definition) is 4. The number of guanidine groups is 1. The number of hydrogen-bond acceptors (Lipinski definition) is 4. The van der Waals surface area contributed by atoms with E-state index < -0.39 is 5.60 Å². The van der Waals surface area contributed by atoms with Crippen LogP contribution in [-0.4, -0.2) is 52.9 Å². The van der Waals surface area contributed by atoms with Crippen molar-refractivity contribution in [2.75, 3.05) is 26.2 Å². The third-order valence-corrected chi connectivity index (χ3v) is 4.91. The van der Waals surface area contributed by atoms with Crippen molar-refractivity contribution in [3.63, 3.8) is 0 Å². The van der Waals surface area contributed by atoms with E-state index in [-0.39, 0.29) is 42.3 Å². The van der Waals surface area contributed by atoms with Crippen molar-refractivity contribution in [2.24, 2.45) is 18.0 Å². The number of nitrogens with zero attached hydrogens (tertiary/aromatic N) is 3. The van der Waals surface area contributed by atoms with E-state index in [4.69, 9.17) is 0 Å². The molecular formula is C19H35IN6O2. The Bertz CT molecular complexity index is 626. The summed E-state index contributed by atoms with van der Waals surface area (Å²) in [5.41, 5.74) is -0.365. The Balaban J connectivity index is 0.00000392. The summed E-state index contributed by atoms with van der Waals surface area (Å²) in [6.45, 7) is 5.78. The van der Waals surface area contributed by atoms with Crippen molar-refractivity contribution >= 4 is 35.8 Å². The summed E-state index contributed by atoms with van der Waals surface area (Å²) < 4.78 is 1.66. The molecule has 4 N–H and O–H groups in total. The van der Waals surface area contributed by atoms with Crippen LogP contribution in [-0.2, 0) is 17.4 Å². The van der Waals surface area contributed by atoms with Crippen LogP contribution in [0, 0.1) is 5.92 Å². The summed E-state index contributed by atoms with van der Waals surface area (Å²) in [4.78, 5) is 16.6. The van der Waals surface area contributed by atoms with Crippen LogP contribution in [0.2, 0.25) is 0 Å². The average molecular weight is 506 g/mol. The topological polar surface area (TPSA) is 104 Å². The molecule has 0 radical (unpaired) electrons. The number of aliphatic imine (C=N–C) groups is 1. The van der Waals surface area contributed by atoms with E-state index >= 15 is 0 Å². The molecule has 28 heavy (non-hydrogen) atoms. The molecule has 0 aliphatic heterocycles. The van der Waals surface area contributed by atoms with Crippen molar-refractivity contribution in [3.05, 3.63) is 18.0 Å². The minimum atomic E-state index is -1.09. The van der Waals surface area contributed by atoms with Crippen LogP contribution in [0.5, 0.6) is 0 Å². The number of aliphatic hydroxyl groups is 1. The Morgan fingerprint density at radius 1 is 1.29 bits per heavy atom. The Morgan fingerprint density at radius 3 is 2.57 bits per heavy atom. The van der Waals surface area contributed by atoms with E-state index in [1.54, 1.807) is 24.0 Å². The quantitative estimate of drug-likeness (QED) is 0.185. The van der Waals surface area contributed by atoms with Crippen LogP contribution in [0.3, 0.4) is 0 Å². The Labute approximate surface area is 185 Å². The SMILES string of the molecule is CCNC(=NCC(C)(O)c1cnn(C)c1)NCCNC(=O)C1CCCCC1.I. The molecule has 1 atom stereocenters. The fraction of sp³-hybridized carbons (Fsp3) is 0.737. The van der Waals surface area contributed by atoms with Crippen LogP contribution in [0.4, 0.5) is 0 Å². The standard InChI is InChI=1S/C19H34N6O2.HI/c1-4-20-18(23-14-19(2,27)16-12-24-25(3)13-16)22-11-10-21-17(26)15-8-6-5-7-9-15;/h12-13,15,27H,4-11,14H2,1-3H3,(H,21,26)(H2,20,22,23);1H. The molecule has 0 spiro atoms. The van der Waals surface area contributed by atoms with Gasteiger partial charge in [-0.3, -0.25) is 9.48 Å². The Morgan fingerprint density at radius 2 is 1.96 bits per heavy atom. The highest BCUT2D eigenvalue weighted by Crippen LogP contribution is 2.23. The molecule has 1 saturated carbocycles. The van der Waals surface area contributed by atoms with E-state index in [1.165, 1.54) is 6.42 Å². The molecule has 160 valence electrons. The minimum absolute atomic E-state index is 0. The van der Waals surface area contributed by atoms with Crippen molar-refractivity contribution < 1.29 is 9.90 Å². The van der Waals surface area contributed by atoms with Gasteiger partial charge in [0.15, 0.2) is 5.96 Å². The normalized spacial score (nSPS) is 17.4. The second-order valence-corrected chi connectivity index (χ2v) is 7.42. The van der Waals surface area contributed by atoms with Crippen molar-refractivity contribution in [3.8, 4) is 0 Å². The van der Waals surface area contributed by atoms with Crippen LogP contribution in [0.25, 0.3) is 0 Å². The largest absolute Gasteiger partial charge is 0.383 e. The number of halogens is 1. The van der Waals surface area contributed by atoms with Gasteiger partial charge in [-0.2, -0.15) is 5.10 Å². The van der Waals surface area contributed by atoms with Gasteiger partial charge in [0.05, 0.1) is 12.7 Å². The molecule has 1 heterocycles. The van der Waals surface area contributed by atoms with Gasteiger partial charge in [-0.25, -0.2) is 4.99 Å². The van der Waals surface area contributed by atoms with E-state index in [0.29, 0.717) is 19.0 Å². The van der Waals surface area contributed by atoms with E-state index in [9.17, 15) is 9.90 Å². The summed E-state index contributed by atoms with van der Waals surface area (Å²) in [5, 5.41) is 24.1. The number of carbonyl (C=O) groups is 1. The lowest BCUT2D eigenvalue weighted by molar-refractivity contribution is -0.125. The fourth-order valence-electron chi connectivity index (χ4n) is 3.24. The van der Waals surface area contributed by atoms with Gasteiger partial charge < -0.3 is 21.1 Å². The van der Waals surface area contributed by atoms with Gasteiger partial charge in [0.1, 0.15) is 5.60 Å². The average Bonchev–Trinajstić information content (AvgIpc) is 3.11. The minimum Gasteiger partial charge on any atom is -0.383 e. The highest BCUT2D eigenvalue weighted by molar-refractivity contribution is 14.0. The molecule has 1 amide bonds. The smallest absolute Gasteiger partial charge is 0.223 e. The number of rotatable bonds is 8. The lowest BCUT2D eigenvalue weighted by atomic mass is 9.89. The third-order valence-electron chi connectivity index (χ3n) is 4.91. The first-order valence-corrected chi connectivity index (χ1v) is 9.94. The van der Waals surface area contributed by atoms with Gasteiger partial charge in [0.2, 0.25) is 5.91 Å². The number of aromatic nitrogens is 2. The van der Waals surface area contributed by atoms with Gasteiger partial charge >= 0.3 is 0 Å². The molecule has 0 bridgehead atoms. The molecule has 1 aliphatic carbocycles. The monoisotopic (exact) mass is 506 g/mol. The first-order valence-electron chi connectivity index (χ1n) is 9.94.